The molecule has 2 rings (SSSR count). The molecule has 0 aromatic carbocycles. The lowest BCUT2D eigenvalue weighted by atomic mass is 10.1. The van der Waals surface area contributed by atoms with Crippen molar-refractivity contribution in [3.8, 4) is 0 Å². The summed E-state index contributed by atoms with van der Waals surface area (Å²) in [5, 5.41) is 7.93. The second-order valence-electron chi connectivity index (χ2n) is 3.24. The van der Waals surface area contributed by atoms with Crippen LogP contribution in [-0.4, -0.2) is 15.4 Å². The fraction of sp³-hybridized carbons (Fsp3) is 0.300. The molecule has 2 heterocycles. The third kappa shape index (κ3) is 2.49. The molecule has 5 heteroatoms. The zero-order valence-corrected chi connectivity index (χ0v) is 9.90. The van der Waals surface area contributed by atoms with Crippen LogP contribution in [0.1, 0.15) is 27.3 Å². The van der Waals surface area contributed by atoms with Crippen molar-refractivity contribution in [1.82, 2.24) is 9.59 Å². The molecular weight excluding hydrogens is 228 g/mol. The Balaban J connectivity index is 1.96. The quantitative estimate of drug-likeness (QED) is 0.769. The molecule has 15 heavy (non-hydrogen) atoms. The number of hydrogen-bond donors (Lipinski definition) is 0. The number of Topliss-reactive ketones (excluding diaryl/α,β-unsaturated/α-hetero) is 1. The normalized spacial score (nSPS) is 10.5. The van der Waals surface area contributed by atoms with Gasteiger partial charge in [-0.25, -0.2) is 0 Å². The molecule has 0 fully saturated rings. The first-order valence-electron chi connectivity index (χ1n) is 4.60. The molecule has 0 bridgehead atoms. The number of thiophene rings is 1. The Kier molecular flexibility index (Phi) is 3.23. The molecule has 0 atom stereocenters. The largest absolute Gasteiger partial charge is 0.293 e. The summed E-state index contributed by atoms with van der Waals surface area (Å²) in [5.41, 5.74) is 1.97. The van der Waals surface area contributed by atoms with Crippen molar-refractivity contribution in [1.29, 1.82) is 0 Å². The fourth-order valence-corrected chi connectivity index (χ4v) is 2.62. The second kappa shape index (κ2) is 4.63. The van der Waals surface area contributed by atoms with E-state index in [9.17, 15) is 4.79 Å². The molecule has 2 aromatic rings. The zero-order valence-electron chi connectivity index (χ0n) is 8.27. The highest BCUT2D eigenvalue weighted by Crippen LogP contribution is 2.15. The summed E-state index contributed by atoms with van der Waals surface area (Å²) < 4.78 is 3.76. The van der Waals surface area contributed by atoms with Crippen molar-refractivity contribution >= 4 is 28.7 Å². The van der Waals surface area contributed by atoms with Crippen LogP contribution in [0.25, 0.3) is 0 Å². The van der Waals surface area contributed by atoms with Crippen LogP contribution in [0.15, 0.2) is 16.8 Å². The lowest BCUT2D eigenvalue weighted by Crippen LogP contribution is -2.00. The van der Waals surface area contributed by atoms with E-state index in [0.29, 0.717) is 11.3 Å². The van der Waals surface area contributed by atoms with Gasteiger partial charge in [0.2, 0.25) is 0 Å². The minimum Gasteiger partial charge on any atom is -0.293 e. The first kappa shape index (κ1) is 10.4. The number of rotatable bonds is 4. The molecule has 0 N–H and O–H groups in total. The number of carbonyl (C=O) groups is 1. The van der Waals surface area contributed by atoms with Crippen LogP contribution in [0.4, 0.5) is 0 Å². The SMILES string of the molecule is Cc1nnsc1C(=O)CCc1ccsc1. The maximum absolute atomic E-state index is 11.8. The number of nitrogens with zero attached hydrogens (tertiary/aromatic N) is 2. The van der Waals surface area contributed by atoms with Gasteiger partial charge in [0.25, 0.3) is 0 Å². The van der Waals surface area contributed by atoms with Crippen LogP contribution < -0.4 is 0 Å². The lowest BCUT2D eigenvalue weighted by molar-refractivity contribution is 0.0986. The highest BCUT2D eigenvalue weighted by Gasteiger charge is 2.12. The van der Waals surface area contributed by atoms with Gasteiger partial charge in [-0.1, -0.05) is 4.49 Å². The van der Waals surface area contributed by atoms with Crippen molar-refractivity contribution in [3.05, 3.63) is 33.0 Å². The minimum absolute atomic E-state index is 0.147. The van der Waals surface area contributed by atoms with Gasteiger partial charge in [-0.2, -0.15) is 11.3 Å². The van der Waals surface area contributed by atoms with Crippen LogP contribution in [0.3, 0.4) is 0 Å². The summed E-state index contributed by atoms with van der Waals surface area (Å²) in [5.74, 6) is 0.147. The van der Waals surface area contributed by atoms with E-state index in [4.69, 9.17) is 0 Å². The van der Waals surface area contributed by atoms with Crippen LogP contribution in [0.5, 0.6) is 0 Å². The number of hydrogen-bond acceptors (Lipinski definition) is 5. The molecular formula is C10H10N2OS2. The van der Waals surface area contributed by atoms with E-state index in [1.54, 1.807) is 11.3 Å². The molecule has 0 aliphatic rings. The predicted octanol–water partition coefficient (Wildman–Crippen LogP) is 2.72. The highest BCUT2D eigenvalue weighted by molar-refractivity contribution is 7.08. The van der Waals surface area contributed by atoms with Gasteiger partial charge < -0.3 is 0 Å². The molecule has 0 spiro atoms. The van der Waals surface area contributed by atoms with E-state index >= 15 is 0 Å². The highest BCUT2D eigenvalue weighted by atomic mass is 32.1. The van der Waals surface area contributed by atoms with Gasteiger partial charge in [-0.3, -0.25) is 4.79 Å². The van der Waals surface area contributed by atoms with Crippen LogP contribution >= 0.6 is 22.9 Å². The number of aromatic nitrogens is 2. The Morgan fingerprint density at radius 3 is 3.00 bits per heavy atom. The average Bonchev–Trinajstić information content (AvgIpc) is 2.84. The number of carbonyl (C=O) groups excluding carboxylic acids is 1. The summed E-state index contributed by atoms with van der Waals surface area (Å²) in [7, 11) is 0. The van der Waals surface area contributed by atoms with Crippen LogP contribution in [-0.2, 0) is 6.42 Å². The number of aryl methyl sites for hydroxylation is 2. The van der Waals surface area contributed by atoms with Crippen molar-refractivity contribution in [2.24, 2.45) is 0 Å². The van der Waals surface area contributed by atoms with Gasteiger partial charge in [0.15, 0.2) is 5.78 Å². The first-order valence-corrected chi connectivity index (χ1v) is 6.32. The fourth-order valence-electron chi connectivity index (χ4n) is 1.29. The Bertz CT molecular complexity index is 448. The standard InChI is InChI=1S/C10H10N2OS2/c1-7-10(15-12-11-7)9(13)3-2-8-4-5-14-6-8/h4-6H,2-3H2,1H3. The van der Waals surface area contributed by atoms with E-state index in [-0.39, 0.29) is 5.78 Å². The number of ketones is 1. The lowest BCUT2D eigenvalue weighted by Gasteiger charge is -1.96. The first-order chi connectivity index (χ1) is 7.27. The molecule has 0 radical (unpaired) electrons. The molecule has 78 valence electrons. The Morgan fingerprint density at radius 2 is 2.40 bits per heavy atom. The summed E-state index contributed by atoms with van der Waals surface area (Å²) in [6, 6.07) is 2.05. The minimum atomic E-state index is 0.147. The molecule has 2 aromatic heterocycles. The third-order valence-electron chi connectivity index (χ3n) is 2.13. The Labute approximate surface area is 95.9 Å². The summed E-state index contributed by atoms with van der Waals surface area (Å²) in [6.07, 6.45) is 1.35. The van der Waals surface area contributed by atoms with Gasteiger partial charge in [0.1, 0.15) is 4.88 Å². The second-order valence-corrected chi connectivity index (χ2v) is 4.78. The molecule has 0 unspecified atom stereocenters. The van der Waals surface area contributed by atoms with E-state index < -0.39 is 0 Å². The topological polar surface area (TPSA) is 42.9 Å². The molecule has 0 aliphatic heterocycles. The predicted molar refractivity (Wildman–Crippen MR) is 61.6 cm³/mol. The van der Waals surface area contributed by atoms with Crippen molar-refractivity contribution < 1.29 is 4.79 Å². The van der Waals surface area contributed by atoms with E-state index in [2.05, 4.69) is 21.0 Å². The molecule has 0 saturated carbocycles. The van der Waals surface area contributed by atoms with Crippen molar-refractivity contribution in [2.45, 2.75) is 19.8 Å². The van der Waals surface area contributed by atoms with E-state index in [0.717, 1.165) is 12.1 Å². The average molecular weight is 238 g/mol. The molecule has 0 aliphatic carbocycles. The van der Waals surface area contributed by atoms with Gasteiger partial charge in [0.05, 0.1) is 5.69 Å². The third-order valence-corrected chi connectivity index (χ3v) is 3.73. The van der Waals surface area contributed by atoms with Crippen molar-refractivity contribution in [3.63, 3.8) is 0 Å². The maximum Gasteiger partial charge on any atom is 0.176 e. The van der Waals surface area contributed by atoms with E-state index in [1.165, 1.54) is 17.1 Å². The maximum atomic E-state index is 11.8. The summed E-state index contributed by atoms with van der Waals surface area (Å²) in [6.45, 7) is 1.82. The van der Waals surface area contributed by atoms with E-state index in [1.807, 2.05) is 12.3 Å². The zero-order chi connectivity index (χ0) is 10.7. The summed E-state index contributed by atoms with van der Waals surface area (Å²) >= 11 is 2.85. The van der Waals surface area contributed by atoms with Crippen LogP contribution in [0, 0.1) is 6.92 Å². The van der Waals surface area contributed by atoms with Gasteiger partial charge >= 0.3 is 0 Å². The van der Waals surface area contributed by atoms with Crippen molar-refractivity contribution in [2.75, 3.05) is 0 Å². The smallest absolute Gasteiger partial charge is 0.176 e. The Morgan fingerprint density at radius 1 is 1.53 bits per heavy atom. The molecule has 0 saturated heterocycles. The van der Waals surface area contributed by atoms with Gasteiger partial charge in [-0.05, 0) is 47.3 Å². The summed E-state index contributed by atoms with van der Waals surface area (Å²) in [4.78, 5) is 12.5. The Hall–Kier alpha value is -1.07. The van der Waals surface area contributed by atoms with Crippen LogP contribution in [0.2, 0.25) is 0 Å². The van der Waals surface area contributed by atoms with Gasteiger partial charge in [-0.15, -0.1) is 5.10 Å². The molecule has 3 nitrogen and oxygen atoms in total. The van der Waals surface area contributed by atoms with Gasteiger partial charge in [0, 0.05) is 6.42 Å². The monoisotopic (exact) mass is 238 g/mol. The molecule has 0 amide bonds.